The van der Waals surface area contributed by atoms with Crippen molar-refractivity contribution in [2.75, 3.05) is 32.8 Å². The number of hydrogen-bond acceptors (Lipinski definition) is 5. The Morgan fingerprint density at radius 2 is 1.58 bits per heavy atom. The van der Waals surface area contributed by atoms with Gasteiger partial charge >= 0.3 is 24.3 Å². The minimum atomic E-state index is -5.08. The zero-order valence-corrected chi connectivity index (χ0v) is 13.7. The van der Waals surface area contributed by atoms with Crippen molar-refractivity contribution < 1.29 is 50.9 Å². The van der Waals surface area contributed by atoms with Gasteiger partial charge in [-0.05, 0) is 13.3 Å². The van der Waals surface area contributed by atoms with E-state index in [9.17, 15) is 26.3 Å². The molecule has 0 aromatic heterocycles. The summed E-state index contributed by atoms with van der Waals surface area (Å²) < 4.78 is 69.1. The first-order valence-corrected chi connectivity index (χ1v) is 7.45. The van der Waals surface area contributed by atoms with Gasteiger partial charge in [0, 0.05) is 38.8 Å². The van der Waals surface area contributed by atoms with Gasteiger partial charge in [-0.3, -0.25) is 4.90 Å². The molecule has 0 unspecified atom stereocenters. The molecule has 0 aromatic carbocycles. The van der Waals surface area contributed by atoms with Crippen LogP contribution >= 0.6 is 0 Å². The minimum absolute atomic E-state index is 0.500. The van der Waals surface area contributed by atoms with E-state index in [1.807, 2.05) is 0 Å². The number of nitrogens with zero attached hydrogens (tertiary/aromatic N) is 1. The third-order valence-electron chi connectivity index (χ3n) is 3.33. The van der Waals surface area contributed by atoms with E-state index >= 15 is 0 Å². The molecular weight excluding hydrogens is 378 g/mol. The van der Waals surface area contributed by atoms with E-state index in [0.717, 1.165) is 32.3 Å². The fraction of sp³-hybridized carbons (Fsp3) is 0.846. The number of carbonyl (C=O) groups is 2. The Hall–Kier alpha value is -1.60. The number of nitrogens with one attached hydrogen (secondary N) is 1. The number of halogens is 6. The zero-order chi connectivity index (χ0) is 20.5. The molecule has 0 radical (unpaired) electrons. The van der Waals surface area contributed by atoms with Gasteiger partial charge in [0.15, 0.2) is 0 Å². The quantitative estimate of drug-likeness (QED) is 0.604. The Labute approximate surface area is 144 Å². The van der Waals surface area contributed by atoms with Crippen molar-refractivity contribution in [1.82, 2.24) is 10.2 Å². The van der Waals surface area contributed by atoms with Crippen molar-refractivity contribution in [3.63, 3.8) is 0 Å². The van der Waals surface area contributed by atoms with Gasteiger partial charge in [0.2, 0.25) is 0 Å². The van der Waals surface area contributed by atoms with Gasteiger partial charge in [-0.25, -0.2) is 9.59 Å². The van der Waals surface area contributed by atoms with Gasteiger partial charge < -0.3 is 20.3 Å². The van der Waals surface area contributed by atoms with Crippen LogP contribution in [0.3, 0.4) is 0 Å². The normalized spacial score (nSPS) is 23.0. The first-order chi connectivity index (χ1) is 11.8. The van der Waals surface area contributed by atoms with Crippen LogP contribution in [0.4, 0.5) is 26.3 Å². The van der Waals surface area contributed by atoms with Gasteiger partial charge in [0.25, 0.3) is 0 Å². The van der Waals surface area contributed by atoms with Gasteiger partial charge in [0.05, 0.1) is 6.10 Å². The molecule has 2 aliphatic heterocycles. The van der Waals surface area contributed by atoms with Gasteiger partial charge in [0.1, 0.15) is 0 Å². The number of piperazine rings is 1. The summed E-state index contributed by atoms with van der Waals surface area (Å²) in [5.74, 6) is -5.51. The number of fused-ring (bicyclic) bond motifs is 1. The lowest BCUT2D eigenvalue weighted by molar-refractivity contribution is -0.193. The molecule has 2 atom stereocenters. The lowest BCUT2D eigenvalue weighted by Crippen LogP contribution is -2.47. The Balaban J connectivity index is 0.000000390. The summed E-state index contributed by atoms with van der Waals surface area (Å²) in [6, 6.07) is 0.746. The maximum absolute atomic E-state index is 10.6. The second-order valence-corrected chi connectivity index (χ2v) is 5.27. The zero-order valence-electron chi connectivity index (χ0n) is 13.7. The molecule has 2 saturated heterocycles. The van der Waals surface area contributed by atoms with Gasteiger partial charge in [-0.2, -0.15) is 26.3 Å². The highest BCUT2D eigenvalue weighted by atomic mass is 19.4. The molecule has 0 spiro atoms. The molecule has 0 amide bonds. The highest BCUT2D eigenvalue weighted by Crippen LogP contribution is 2.20. The maximum Gasteiger partial charge on any atom is 0.490 e. The molecule has 7 nitrogen and oxygen atoms in total. The minimum Gasteiger partial charge on any atom is -0.475 e. The number of rotatable bonds is 2. The van der Waals surface area contributed by atoms with Crippen LogP contribution in [0.5, 0.6) is 0 Å². The van der Waals surface area contributed by atoms with Crippen LogP contribution in [0.15, 0.2) is 0 Å². The van der Waals surface area contributed by atoms with Crippen molar-refractivity contribution in [2.45, 2.75) is 37.8 Å². The van der Waals surface area contributed by atoms with E-state index < -0.39 is 24.3 Å². The summed E-state index contributed by atoms with van der Waals surface area (Å²) in [5.41, 5.74) is 0. The largest absolute Gasteiger partial charge is 0.490 e. The molecule has 3 N–H and O–H groups in total. The van der Waals surface area contributed by atoms with E-state index in [-0.39, 0.29) is 0 Å². The SMILES string of the molecule is CCO[C@@H]1C[C@H]2CNCCN2C1.O=C(O)C(F)(F)F.O=C(O)C(F)(F)F. The number of carboxylic acids is 2. The fourth-order valence-corrected chi connectivity index (χ4v) is 2.27. The van der Waals surface area contributed by atoms with E-state index in [1.54, 1.807) is 0 Å². The summed E-state index contributed by atoms with van der Waals surface area (Å²) in [4.78, 5) is 20.3. The monoisotopic (exact) mass is 398 g/mol. The Bertz CT molecular complexity index is 419. The second kappa shape index (κ2) is 10.5. The standard InChI is InChI=1S/C9H18N2O.2C2HF3O2/c1-2-12-9-5-8-6-10-3-4-11(8)7-9;2*3-2(4,5)1(6)7/h8-10H,2-7H2,1H3;2*(H,6,7)/t8-,9+;;/m0../s1. The maximum atomic E-state index is 10.6. The Morgan fingerprint density at radius 1 is 1.12 bits per heavy atom. The molecule has 2 heterocycles. The first kappa shape index (κ1) is 24.4. The van der Waals surface area contributed by atoms with Crippen LogP contribution in [-0.2, 0) is 14.3 Å². The molecule has 0 aromatic rings. The summed E-state index contributed by atoms with van der Waals surface area (Å²) in [6.07, 6.45) is -8.44. The van der Waals surface area contributed by atoms with Crippen LogP contribution in [0.2, 0.25) is 0 Å². The van der Waals surface area contributed by atoms with Crippen molar-refractivity contribution >= 4 is 11.9 Å². The third kappa shape index (κ3) is 9.77. The van der Waals surface area contributed by atoms with Crippen LogP contribution in [0, 0.1) is 0 Å². The topological polar surface area (TPSA) is 99.1 Å². The number of ether oxygens (including phenoxy) is 1. The van der Waals surface area contributed by atoms with Crippen molar-refractivity contribution in [3.05, 3.63) is 0 Å². The van der Waals surface area contributed by atoms with E-state index in [4.69, 9.17) is 24.5 Å². The predicted molar refractivity (Wildman–Crippen MR) is 75.6 cm³/mol. The Morgan fingerprint density at radius 3 is 1.92 bits per heavy atom. The summed E-state index contributed by atoms with van der Waals surface area (Å²) >= 11 is 0. The average Bonchev–Trinajstić information content (AvgIpc) is 2.89. The third-order valence-corrected chi connectivity index (χ3v) is 3.33. The highest BCUT2D eigenvalue weighted by Gasteiger charge is 2.39. The van der Waals surface area contributed by atoms with E-state index in [2.05, 4.69) is 17.1 Å². The van der Waals surface area contributed by atoms with Crippen molar-refractivity contribution in [1.29, 1.82) is 0 Å². The van der Waals surface area contributed by atoms with Gasteiger partial charge in [-0.15, -0.1) is 0 Å². The molecular formula is C13H20F6N2O5. The van der Waals surface area contributed by atoms with Crippen LogP contribution in [0.25, 0.3) is 0 Å². The molecule has 13 heteroatoms. The van der Waals surface area contributed by atoms with Crippen molar-refractivity contribution in [2.24, 2.45) is 0 Å². The molecule has 0 bridgehead atoms. The first-order valence-electron chi connectivity index (χ1n) is 7.45. The van der Waals surface area contributed by atoms with E-state index in [1.165, 1.54) is 13.0 Å². The molecule has 2 fully saturated rings. The number of hydrogen-bond donors (Lipinski definition) is 3. The number of carboxylic acid groups (broad SMARTS) is 2. The van der Waals surface area contributed by atoms with Crippen molar-refractivity contribution in [3.8, 4) is 0 Å². The van der Waals surface area contributed by atoms with Crippen LogP contribution in [0.1, 0.15) is 13.3 Å². The van der Waals surface area contributed by atoms with Gasteiger partial charge in [-0.1, -0.05) is 0 Å². The summed E-state index contributed by atoms with van der Waals surface area (Å²) in [5, 5.41) is 17.7. The number of alkyl halides is 6. The van der Waals surface area contributed by atoms with Crippen LogP contribution in [-0.4, -0.2) is 84.3 Å². The molecule has 2 rings (SSSR count). The average molecular weight is 398 g/mol. The number of aliphatic carboxylic acids is 2. The summed E-state index contributed by atoms with van der Waals surface area (Å²) in [6.45, 7) is 7.60. The molecule has 26 heavy (non-hydrogen) atoms. The molecule has 154 valence electrons. The van der Waals surface area contributed by atoms with E-state index in [0.29, 0.717) is 6.10 Å². The highest BCUT2D eigenvalue weighted by molar-refractivity contribution is 5.73. The Kier molecular flexibility index (Phi) is 9.88. The van der Waals surface area contributed by atoms with Crippen LogP contribution < -0.4 is 5.32 Å². The fourth-order valence-electron chi connectivity index (χ4n) is 2.27. The molecule has 2 aliphatic rings. The second-order valence-electron chi connectivity index (χ2n) is 5.27. The predicted octanol–water partition coefficient (Wildman–Crippen LogP) is 1.34. The molecule has 0 aliphatic carbocycles. The lowest BCUT2D eigenvalue weighted by Gasteiger charge is -2.29. The lowest BCUT2D eigenvalue weighted by atomic mass is 10.2. The smallest absolute Gasteiger partial charge is 0.475 e. The molecule has 0 saturated carbocycles. The summed E-state index contributed by atoms with van der Waals surface area (Å²) in [7, 11) is 0.